The molecule has 6 aromatic rings. The molecule has 0 bridgehead atoms. The van der Waals surface area contributed by atoms with Crippen LogP contribution in [0.25, 0.3) is 0 Å². The molecule has 6 aliphatic rings. The largest absolute Gasteiger partial charge is 0.335 e. The van der Waals surface area contributed by atoms with Gasteiger partial charge >= 0.3 is 0 Å². The third-order valence-corrected chi connectivity index (χ3v) is 19.4. The number of rotatable bonds is 3. The van der Waals surface area contributed by atoms with Crippen LogP contribution in [0.5, 0.6) is 0 Å². The van der Waals surface area contributed by atoms with E-state index in [1.165, 1.54) is 116 Å². The normalized spacial score (nSPS) is 23.8. The third-order valence-electron chi connectivity index (χ3n) is 17.3. The van der Waals surface area contributed by atoms with Gasteiger partial charge in [-0.2, -0.15) is 0 Å². The zero-order valence-corrected chi connectivity index (χ0v) is 41.3. The molecule has 6 aromatic carbocycles. The molecular weight excluding hydrogens is 790 g/mol. The van der Waals surface area contributed by atoms with Crippen LogP contribution < -0.4 is 36.3 Å². The minimum absolute atomic E-state index is 0.00646. The monoisotopic (exact) mass is 856 g/mol. The SMILES string of the molecule is CC(C)(C)c1cccc(N2c3cc(C(C)(C)C)ccc3B3c4cc([Si](C)(C)C)cc5c4N(c4cc(N6c7ccccc7C7CCc8ccccc8C76)cc2c43)C2(C)CCCCC52C)c1. The molecule has 0 amide bonds. The van der Waals surface area contributed by atoms with E-state index in [0.29, 0.717) is 5.92 Å². The van der Waals surface area contributed by atoms with Crippen LogP contribution >= 0.6 is 0 Å². The molecule has 0 aromatic heterocycles. The predicted octanol–water partition coefficient (Wildman–Crippen LogP) is 13.1. The highest BCUT2D eigenvalue weighted by atomic mass is 28.3. The van der Waals surface area contributed by atoms with Gasteiger partial charge in [-0.25, -0.2) is 0 Å². The summed E-state index contributed by atoms with van der Waals surface area (Å²) in [6, 6.07) is 46.9. The van der Waals surface area contributed by atoms with Crippen LogP contribution in [0.3, 0.4) is 0 Å². The topological polar surface area (TPSA) is 9.72 Å². The first-order valence-electron chi connectivity index (χ1n) is 24.6. The van der Waals surface area contributed by atoms with E-state index in [1.54, 1.807) is 10.8 Å². The van der Waals surface area contributed by atoms with Crippen molar-refractivity contribution in [1.82, 2.24) is 0 Å². The lowest BCUT2D eigenvalue weighted by Gasteiger charge is -2.53. The highest BCUT2D eigenvalue weighted by Crippen LogP contribution is 2.63. The van der Waals surface area contributed by atoms with E-state index in [9.17, 15) is 0 Å². The summed E-state index contributed by atoms with van der Waals surface area (Å²) in [4.78, 5) is 8.45. The van der Waals surface area contributed by atoms with Crippen molar-refractivity contribution in [3.8, 4) is 0 Å². The molecule has 1 fully saturated rings. The highest BCUT2D eigenvalue weighted by molar-refractivity contribution is 7.01. The molecule has 0 N–H and O–H groups in total. The summed E-state index contributed by atoms with van der Waals surface area (Å²) in [5, 5.41) is 1.60. The van der Waals surface area contributed by atoms with Crippen molar-refractivity contribution >= 4 is 76.2 Å². The van der Waals surface area contributed by atoms with Gasteiger partial charge in [-0.15, -0.1) is 0 Å². The molecule has 4 unspecified atom stereocenters. The average Bonchev–Trinajstić information content (AvgIpc) is 3.71. The maximum absolute atomic E-state index is 2.95. The van der Waals surface area contributed by atoms with Gasteiger partial charge in [0.15, 0.2) is 0 Å². The minimum atomic E-state index is -1.72. The second kappa shape index (κ2) is 13.3. The van der Waals surface area contributed by atoms with Crippen molar-refractivity contribution in [3.05, 3.63) is 149 Å². The molecule has 0 spiro atoms. The van der Waals surface area contributed by atoms with Crippen molar-refractivity contribution in [2.75, 3.05) is 14.7 Å². The summed E-state index contributed by atoms with van der Waals surface area (Å²) >= 11 is 0. The zero-order valence-electron chi connectivity index (χ0n) is 40.3. The van der Waals surface area contributed by atoms with Gasteiger partial charge in [0.1, 0.15) is 0 Å². The van der Waals surface area contributed by atoms with Crippen molar-refractivity contribution < 1.29 is 0 Å². The summed E-state index contributed by atoms with van der Waals surface area (Å²) < 4.78 is 0. The number of nitrogens with zero attached hydrogens (tertiary/aromatic N) is 3. The molecule has 64 heavy (non-hydrogen) atoms. The molecule has 12 rings (SSSR count). The first-order valence-corrected chi connectivity index (χ1v) is 28.1. The summed E-state index contributed by atoms with van der Waals surface area (Å²) in [6.45, 7) is 27.3. The molecule has 4 heterocycles. The molecule has 4 atom stereocenters. The standard InChI is InChI=1S/C59H66BN3Si/c1-56(2,3)38-20-18-21-40(31-38)61-50-32-39(57(4,5)6)26-28-47(50)60-48-36-42(64(9,10)11)35-46-55(48)63(59(8)30-17-16-29-58(46,59)7)52-34-41(33-51(61)53(52)60)62-49-24-15-14-23-44(49)45-27-25-37-19-12-13-22-43(37)54(45)62/h12-15,18-24,26,28,31-36,45,54H,16-17,25,27,29-30H2,1-11H3. The molecule has 1 saturated carbocycles. The number of hydrogen-bond acceptors (Lipinski definition) is 3. The van der Waals surface area contributed by atoms with Crippen LogP contribution in [0.4, 0.5) is 39.8 Å². The van der Waals surface area contributed by atoms with Crippen molar-refractivity contribution in [3.63, 3.8) is 0 Å². The number of hydrogen-bond donors (Lipinski definition) is 0. The average molecular weight is 856 g/mol. The van der Waals surface area contributed by atoms with E-state index in [2.05, 4.69) is 205 Å². The number of anilines is 7. The fraction of sp³-hybridized carbons (Fsp3) is 0.390. The minimum Gasteiger partial charge on any atom is -0.335 e. The van der Waals surface area contributed by atoms with Crippen molar-refractivity contribution in [2.24, 2.45) is 0 Å². The summed E-state index contributed by atoms with van der Waals surface area (Å²) in [5.74, 6) is 0.444. The molecule has 4 aliphatic heterocycles. The Hall–Kier alpha value is -5.00. The number of fused-ring (bicyclic) bond motifs is 12. The van der Waals surface area contributed by atoms with E-state index >= 15 is 0 Å². The Balaban J connectivity index is 1.23. The maximum atomic E-state index is 2.95. The van der Waals surface area contributed by atoms with Crippen LogP contribution in [0, 0.1) is 0 Å². The molecular formula is C59H66BN3Si. The Morgan fingerprint density at radius 2 is 1.33 bits per heavy atom. The lowest BCUT2D eigenvalue weighted by Crippen LogP contribution is -2.65. The van der Waals surface area contributed by atoms with Crippen LogP contribution in [0.1, 0.15) is 133 Å². The van der Waals surface area contributed by atoms with Gasteiger partial charge in [-0.05, 0) is 130 Å². The van der Waals surface area contributed by atoms with E-state index in [0.717, 1.165) is 6.42 Å². The Morgan fingerprint density at radius 3 is 2.09 bits per heavy atom. The lowest BCUT2D eigenvalue weighted by atomic mass is 9.33. The summed E-state index contributed by atoms with van der Waals surface area (Å²) in [6.07, 6.45) is 7.27. The first kappa shape index (κ1) is 40.5. The van der Waals surface area contributed by atoms with Gasteiger partial charge < -0.3 is 14.7 Å². The molecule has 324 valence electrons. The second-order valence-corrected chi connectivity index (χ2v) is 29.1. The smallest absolute Gasteiger partial charge is 0.252 e. The Kier molecular flexibility index (Phi) is 8.42. The molecule has 0 saturated heterocycles. The number of benzene rings is 6. The van der Waals surface area contributed by atoms with E-state index < -0.39 is 8.07 Å². The van der Waals surface area contributed by atoms with E-state index in [4.69, 9.17) is 0 Å². The third kappa shape index (κ3) is 5.46. The van der Waals surface area contributed by atoms with E-state index in [-0.39, 0.29) is 34.5 Å². The van der Waals surface area contributed by atoms with E-state index in [1.807, 2.05) is 0 Å². The van der Waals surface area contributed by atoms with Crippen molar-refractivity contribution in [1.29, 1.82) is 0 Å². The van der Waals surface area contributed by atoms with Crippen LogP contribution in [0.2, 0.25) is 19.6 Å². The molecule has 0 radical (unpaired) electrons. The summed E-state index contributed by atoms with van der Waals surface area (Å²) in [7, 11) is -1.72. The predicted molar refractivity (Wildman–Crippen MR) is 278 cm³/mol. The molecule has 3 nitrogen and oxygen atoms in total. The van der Waals surface area contributed by atoms with Gasteiger partial charge in [-0.3, -0.25) is 0 Å². The lowest BCUT2D eigenvalue weighted by molar-refractivity contribution is 0.195. The van der Waals surface area contributed by atoms with Gasteiger partial charge in [0.25, 0.3) is 6.71 Å². The van der Waals surface area contributed by atoms with Gasteiger partial charge in [0.2, 0.25) is 0 Å². The first-order chi connectivity index (χ1) is 30.4. The van der Waals surface area contributed by atoms with Crippen molar-refractivity contribution in [2.45, 2.75) is 147 Å². The Morgan fingerprint density at radius 1 is 0.625 bits per heavy atom. The second-order valence-electron chi connectivity index (χ2n) is 24.1. The van der Waals surface area contributed by atoms with Crippen LogP contribution in [0.15, 0.2) is 115 Å². The van der Waals surface area contributed by atoms with Gasteiger partial charge in [0, 0.05) is 51.1 Å². The fourth-order valence-corrected chi connectivity index (χ4v) is 14.8. The van der Waals surface area contributed by atoms with Crippen LogP contribution in [-0.2, 0) is 22.7 Å². The molecule has 2 aliphatic carbocycles. The Labute approximate surface area is 385 Å². The fourth-order valence-electron chi connectivity index (χ4n) is 13.6. The quantitative estimate of drug-likeness (QED) is 0.164. The van der Waals surface area contributed by atoms with Gasteiger partial charge in [0.05, 0.1) is 19.7 Å². The zero-order chi connectivity index (χ0) is 44.5. The van der Waals surface area contributed by atoms with Crippen LogP contribution in [-0.4, -0.2) is 20.3 Å². The van der Waals surface area contributed by atoms with Gasteiger partial charge in [-0.1, -0.05) is 165 Å². The Bertz CT molecular complexity index is 2950. The maximum Gasteiger partial charge on any atom is 0.252 e. The highest BCUT2D eigenvalue weighted by Gasteiger charge is 2.62. The summed E-state index contributed by atoms with van der Waals surface area (Å²) in [5.41, 5.74) is 22.8. The molecule has 5 heteroatoms. The number of aryl methyl sites for hydroxylation is 1. The number of para-hydroxylation sites is 1.